The van der Waals surface area contributed by atoms with Crippen LogP contribution in [-0.4, -0.2) is 15.9 Å². The number of aryl methyl sites for hydroxylation is 1. The van der Waals surface area contributed by atoms with E-state index in [0.29, 0.717) is 5.69 Å². The van der Waals surface area contributed by atoms with Crippen molar-refractivity contribution < 1.29 is 4.79 Å². The first-order valence-electron chi connectivity index (χ1n) is 5.72. The number of hydrogen-bond acceptors (Lipinski definition) is 3. The van der Waals surface area contributed by atoms with E-state index in [2.05, 4.69) is 10.3 Å². The maximum atomic E-state index is 11.7. The van der Waals surface area contributed by atoms with Gasteiger partial charge in [-0.15, -0.1) is 0 Å². The molecule has 0 aliphatic heterocycles. The molecule has 0 saturated heterocycles. The van der Waals surface area contributed by atoms with Crippen LogP contribution in [0.4, 0.5) is 5.69 Å². The largest absolute Gasteiger partial charge is 0.326 e. The van der Waals surface area contributed by atoms with Crippen LogP contribution in [0.1, 0.15) is 11.3 Å². The zero-order chi connectivity index (χ0) is 13.8. The molecule has 0 radical (unpaired) electrons. The van der Waals surface area contributed by atoms with Crippen molar-refractivity contribution in [1.82, 2.24) is 9.97 Å². The van der Waals surface area contributed by atoms with Crippen molar-refractivity contribution in [3.05, 3.63) is 62.4 Å². The van der Waals surface area contributed by atoms with Gasteiger partial charge >= 0.3 is 5.69 Å². The van der Waals surface area contributed by atoms with Gasteiger partial charge in [-0.25, -0.2) is 4.79 Å². The fourth-order valence-corrected chi connectivity index (χ4v) is 1.63. The molecule has 0 atom stereocenters. The summed E-state index contributed by atoms with van der Waals surface area (Å²) in [5.41, 5.74) is 0.894. The second kappa shape index (κ2) is 5.34. The van der Waals surface area contributed by atoms with Gasteiger partial charge in [-0.05, 0) is 19.1 Å². The van der Waals surface area contributed by atoms with E-state index >= 15 is 0 Å². The lowest BCUT2D eigenvalue weighted by molar-refractivity contribution is -0.115. The molecule has 2 aromatic rings. The van der Waals surface area contributed by atoms with Crippen molar-refractivity contribution in [2.24, 2.45) is 0 Å². The van der Waals surface area contributed by atoms with Gasteiger partial charge in [0, 0.05) is 17.4 Å². The third-order valence-electron chi connectivity index (χ3n) is 2.50. The maximum absolute atomic E-state index is 11.7. The normalized spacial score (nSPS) is 10.2. The van der Waals surface area contributed by atoms with Gasteiger partial charge in [0.2, 0.25) is 5.91 Å². The number of H-pyrrole nitrogens is 2. The van der Waals surface area contributed by atoms with Crippen LogP contribution in [0.25, 0.3) is 0 Å². The average molecular weight is 259 g/mol. The van der Waals surface area contributed by atoms with E-state index < -0.39 is 11.2 Å². The number of hydrogen-bond donors (Lipinski definition) is 3. The molecular formula is C13H13N3O3. The van der Waals surface area contributed by atoms with Crippen LogP contribution < -0.4 is 16.6 Å². The molecule has 1 aromatic carbocycles. The second-order valence-corrected chi connectivity index (χ2v) is 4.20. The molecule has 0 fully saturated rings. The summed E-state index contributed by atoms with van der Waals surface area (Å²) in [5, 5.41) is 2.68. The summed E-state index contributed by atoms with van der Waals surface area (Å²) in [7, 11) is 0. The minimum absolute atomic E-state index is 0.0625. The molecule has 3 N–H and O–H groups in total. The molecular weight excluding hydrogens is 246 g/mol. The molecule has 0 aliphatic rings. The third kappa shape index (κ3) is 3.67. The maximum Gasteiger partial charge on any atom is 0.325 e. The van der Waals surface area contributed by atoms with Crippen molar-refractivity contribution in [2.75, 3.05) is 5.32 Å². The lowest BCUT2D eigenvalue weighted by Gasteiger charge is -2.05. The Morgan fingerprint density at radius 1 is 1.16 bits per heavy atom. The van der Waals surface area contributed by atoms with Crippen LogP contribution in [0.5, 0.6) is 0 Å². The van der Waals surface area contributed by atoms with E-state index in [0.717, 1.165) is 5.56 Å². The number of carbonyl (C=O) groups is 1. The Morgan fingerprint density at radius 3 is 2.47 bits per heavy atom. The van der Waals surface area contributed by atoms with Crippen LogP contribution in [0.15, 0.2) is 39.9 Å². The Bertz CT molecular complexity index is 670. The minimum atomic E-state index is -0.620. The molecule has 19 heavy (non-hydrogen) atoms. The summed E-state index contributed by atoms with van der Waals surface area (Å²) < 4.78 is 0. The molecule has 98 valence electrons. The first kappa shape index (κ1) is 12.8. The smallest absolute Gasteiger partial charge is 0.325 e. The number of carbonyl (C=O) groups excluding carboxylic acids is 1. The predicted octanol–water partition coefficient (Wildman–Crippen LogP) is 0.553. The lowest BCUT2D eigenvalue weighted by atomic mass is 10.2. The van der Waals surface area contributed by atoms with Gasteiger partial charge < -0.3 is 10.3 Å². The quantitative estimate of drug-likeness (QED) is 0.751. The molecule has 6 nitrogen and oxygen atoms in total. The Labute approximate surface area is 108 Å². The zero-order valence-corrected chi connectivity index (χ0v) is 10.3. The third-order valence-corrected chi connectivity index (χ3v) is 2.50. The molecule has 0 unspecified atom stereocenters. The van der Waals surface area contributed by atoms with Crippen LogP contribution in [0.3, 0.4) is 0 Å². The van der Waals surface area contributed by atoms with Crippen LogP contribution in [-0.2, 0) is 11.2 Å². The molecule has 2 rings (SSSR count). The van der Waals surface area contributed by atoms with Gasteiger partial charge in [0.05, 0.1) is 6.42 Å². The number of aromatic nitrogens is 2. The van der Waals surface area contributed by atoms with Crippen molar-refractivity contribution in [2.45, 2.75) is 13.3 Å². The van der Waals surface area contributed by atoms with Gasteiger partial charge in [-0.1, -0.05) is 17.7 Å². The first-order chi connectivity index (χ1) is 9.02. The van der Waals surface area contributed by atoms with Crippen LogP contribution >= 0.6 is 0 Å². The van der Waals surface area contributed by atoms with Crippen molar-refractivity contribution in [3.63, 3.8) is 0 Å². The molecule has 6 heteroatoms. The summed E-state index contributed by atoms with van der Waals surface area (Å²) >= 11 is 0. The Morgan fingerprint density at radius 2 is 1.84 bits per heavy atom. The molecule has 0 spiro atoms. The summed E-state index contributed by atoms with van der Waals surface area (Å²) in [6.07, 6.45) is -0.0625. The second-order valence-electron chi connectivity index (χ2n) is 4.20. The average Bonchev–Trinajstić information content (AvgIpc) is 2.30. The number of anilines is 1. The fraction of sp³-hybridized carbons (Fsp3) is 0.154. The predicted molar refractivity (Wildman–Crippen MR) is 71.2 cm³/mol. The zero-order valence-electron chi connectivity index (χ0n) is 10.3. The van der Waals surface area contributed by atoms with Gasteiger partial charge in [0.15, 0.2) is 0 Å². The summed E-state index contributed by atoms with van der Waals surface area (Å²) in [6.45, 7) is 1.95. The fourth-order valence-electron chi connectivity index (χ4n) is 1.63. The van der Waals surface area contributed by atoms with Gasteiger partial charge in [-0.2, -0.15) is 0 Å². The van der Waals surface area contributed by atoms with Gasteiger partial charge in [0.25, 0.3) is 5.56 Å². The topological polar surface area (TPSA) is 94.8 Å². The molecule has 0 bridgehead atoms. The van der Waals surface area contributed by atoms with E-state index in [-0.39, 0.29) is 18.0 Å². The summed E-state index contributed by atoms with van der Waals surface area (Å²) in [5.74, 6) is -0.301. The molecule has 0 saturated carbocycles. The van der Waals surface area contributed by atoms with Crippen molar-refractivity contribution in [1.29, 1.82) is 0 Å². The molecule has 1 amide bonds. The summed E-state index contributed by atoms with van der Waals surface area (Å²) in [4.78, 5) is 38.3. The minimum Gasteiger partial charge on any atom is -0.326 e. The summed E-state index contributed by atoms with van der Waals surface area (Å²) in [6, 6.07) is 8.52. The number of benzene rings is 1. The van der Waals surface area contributed by atoms with E-state index in [4.69, 9.17) is 0 Å². The molecule has 1 heterocycles. The SMILES string of the molecule is Cc1ccc(NC(=O)Cc2cc(=O)[nH]c(=O)[nH]2)cc1. The van der Waals surface area contributed by atoms with Gasteiger partial charge in [0.1, 0.15) is 0 Å². The Balaban J connectivity index is 2.07. The monoisotopic (exact) mass is 259 g/mol. The number of nitrogens with one attached hydrogen (secondary N) is 3. The van der Waals surface area contributed by atoms with Crippen LogP contribution in [0, 0.1) is 6.92 Å². The molecule has 0 aliphatic carbocycles. The Kier molecular flexibility index (Phi) is 3.61. The van der Waals surface area contributed by atoms with E-state index in [1.54, 1.807) is 12.1 Å². The van der Waals surface area contributed by atoms with Crippen molar-refractivity contribution >= 4 is 11.6 Å². The van der Waals surface area contributed by atoms with E-state index in [1.807, 2.05) is 24.0 Å². The van der Waals surface area contributed by atoms with E-state index in [9.17, 15) is 14.4 Å². The number of rotatable bonds is 3. The number of aromatic amines is 2. The first-order valence-corrected chi connectivity index (χ1v) is 5.72. The van der Waals surface area contributed by atoms with Gasteiger partial charge in [-0.3, -0.25) is 14.6 Å². The number of amides is 1. The molecule has 1 aromatic heterocycles. The highest BCUT2D eigenvalue weighted by molar-refractivity contribution is 5.91. The highest BCUT2D eigenvalue weighted by Crippen LogP contribution is 2.08. The van der Waals surface area contributed by atoms with Crippen molar-refractivity contribution in [3.8, 4) is 0 Å². The Hall–Kier alpha value is -2.63. The van der Waals surface area contributed by atoms with Crippen LogP contribution in [0.2, 0.25) is 0 Å². The highest BCUT2D eigenvalue weighted by Gasteiger charge is 2.05. The van der Waals surface area contributed by atoms with E-state index in [1.165, 1.54) is 6.07 Å². The highest BCUT2D eigenvalue weighted by atomic mass is 16.2. The lowest BCUT2D eigenvalue weighted by Crippen LogP contribution is -2.25. The standard InChI is InChI=1S/C13H13N3O3/c1-8-2-4-9(5-3-8)14-11(17)6-10-7-12(18)16-13(19)15-10/h2-5,7H,6H2,1H3,(H,14,17)(H2,15,16,18,19).